The first-order valence-corrected chi connectivity index (χ1v) is 7.98. The van der Waals surface area contributed by atoms with Gasteiger partial charge in [-0.2, -0.15) is 0 Å². The second-order valence-corrected chi connectivity index (χ2v) is 6.35. The number of ether oxygens (including phenoxy) is 1. The van der Waals surface area contributed by atoms with Crippen LogP contribution < -0.4 is 0 Å². The number of halogens is 1. The highest BCUT2D eigenvalue weighted by Gasteiger charge is 2.46. The number of likely N-dealkylation sites (tertiary alicyclic amines) is 1. The van der Waals surface area contributed by atoms with Gasteiger partial charge in [0.1, 0.15) is 5.01 Å². The van der Waals surface area contributed by atoms with Crippen LogP contribution in [0, 0.1) is 0 Å². The summed E-state index contributed by atoms with van der Waals surface area (Å²) in [4.78, 5) is 18.0. The van der Waals surface area contributed by atoms with Gasteiger partial charge < -0.3 is 4.74 Å². The number of hydrogen-bond acceptors (Lipinski definition) is 5. The number of methoxy groups -OCH3 is 1. The quantitative estimate of drug-likeness (QED) is 0.813. The fraction of sp³-hybridized carbons (Fsp3) is 0.375. The first-order chi connectivity index (χ1) is 10.6. The number of nitrogens with zero attached hydrogens (tertiary/aromatic N) is 2. The average molecular weight is 320 g/mol. The van der Waals surface area contributed by atoms with E-state index >= 15 is 0 Å². The molecule has 2 heterocycles. The minimum atomic E-state index is -1.88. The van der Waals surface area contributed by atoms with Crippen molar-refractivity contribution in [3.05, 3.63) is 40.7 Å². The molecule has 0 N–H and O–H groups in total. The van der Waals surface area contributed by atoms with Crippen molar-refractivity contribution in [1.82, 2.24) is 9.88 Å². The van der Waals surface area contributed by atoms with Crippen molar-refractivity contribution in [3.63, 3.8) is 0 Å². The second kappa shape index (κ2) is 6.14. The molecule has 22 heavy (non-hydrogen) atoms. The molecule has 0 bridgehead atoms. The van der Waals surface area contributed by atoms with E-state index < -0.39 is 11.6 Å². The normalized spacial score (nSPS) is 21.9. The van der Waals surface area contributed by atoms with Crippen LogP contribution in [0.2, 0.25) is 0 Å². The van der Waals surface area contributed by atoms with Crippen LogP contribution in [0.25, 0.3) is 11.3 Å². The zero-order valence-electron chi connectivity index (χ0n) is 12.3. The molecule has 0 spiro atoms. The number of alkyl halides is 1. The molecular weight excluding hydrogens is 303 g/mol. The Morgan fingerprint density at radius 3 is 2.95 bits per heavy atom. The minimum absolute atomic E-state index is 0.0694. The highest BCUT2D eigenvalue weighted by molar-refractivity contribution is 7.09. The Morgan fingerprint density at radius 1 is 1.45 bits per heavy atom. The van der Waals surface area contributed by atoms with Gasteiger partial charge in [-0.15, -0.1) is 11.3 Å². The van der Waals surface area contributed by atoms with Gasteiger partial charge in [0.05, 0.1) is 19.3 Å². The Bertz CT molecular complexity index is 661. The first-order valence-electron chi connectivity index (χ1n) is 7.10. The summed E-state index contributed by atoms with van der Waals surface area (Å²) >= 11 is 1.55. The van der Waals surface area contributed by atoms with Crippen LogP contribution in [0.5, 0.6) is 0 Å². The Morgan fingerprint density at radius 2 is 2.23 bits per heavy atom. The van der Waals surface area contributed by atoms with E-state index in [1.165, 1.54) is 7.11 Å². The summed E-state index contributed by atoms with van der Waals surface area (Å²) in [6.45, 7) is 1.16. The number of thiazole rings is 1. The topological polar surface area (TPSA) is 42.4 Å². The molecule has 116 valence electrons. The van der Waals surface area contributed by atoms with Crippen molar-refractivity contribution in [1.29, 1.82) is 0 Å². The molecule has 4 nitrogen and oxygen atoms in total. The molecule has 1 fully saturated rings. The van der Waals surface area contributed by atoms with E-state index in [1.54, 1.807) is 11.3 Å². The summed E-state index contributed by atoms with van der Waals surface area (Å²) in [6, 6.07) is 9.94. The van der Waals surface area contributed by atoms with Gasteiger partial charge in [-0.05, 0) is 0 Å². The summed E-state index contributed by atoms with van der Waals surface area (Å²) < 4.78 is 18.9. The van der Waals surface area contributed by atoms with E-state index in [9.17, 15) is 9.18 Å². The van der Waals surface area contributed by atoms with Crippen LogP contribution >= 0.6 is 11.3 Å². The predicted octanol–water partition coefficient (Wildman–Crippen LogP) is 2.90. The number of carbonyl (C=O) groups excluding carboxylic acids is 1. The maximum atomic E-state index is 14.4. The molecule has 1 aliphatic rings. The molecule has 0 radical (unpaired) electrons. The van der Waals surface area contributed by atoms with Gasteiger partial charge >= 0.3 is 5.97 Å². The highest BCUT2D eigenvalue weighted by atomic mass is 32.1. The van der Waals surface area contributed by atoms with E-state index in [0.29, 0.717) is 13.1 Å². The van der Waals surface area contributed by atoms with Crippen LogP contribution in [0.15, 0.2) is 35.7 Å². The van der Waals surface area contributed by atoms with Gasteiger partial charge in [-0.3, -0.25) is 4.90 Å². The van der Waals surface area contributed by atoms with Gasteiger partial charge in [0, 0.05) is 30.5 Å². The average Bonchev–Trinajstić information content (AvgIpc) is 3.16. The number of benzene rings is 1. The minimum Gasteiger partial charge on any atom is -0.467 e. The molecular formula is C16H17FN2O2S. The zero-order chi connectivity index (χ0) is 15.6. The fourth-order valence-corrected chi connectivity index (χ4v) is 3.49. The van der Waals surface area contributed by atoms with Crippen LogP contribution in [0.3, 0.4) is 0 Å². The van der Waals surface area contributed by atoms with Crippen molar-refractivity contribution >= 4 is 17.3 Å². The number of carbonyl (C=O) groups is 1. The Kier molecular flexibility index (Phi) is 4.22. The van der Waals surface area contributed by atoms with Crippen LogP contribution in [0.1, 0.15) is 11.4 Å². The second-order valence-electron chi connectivity index (χ2n) is 5.41. The Balaban J connectivity index is 1.66. The molecule has 1 saturated heterocycles. The van der Waals surface area contributed by atoms with E-state index in [1.807, 2.05) is 40.6 Å². The summed E-state index contributed by atoms with van der Waals surface area (Å²) in [5, 5.41) is 2.93. The summed E-state index contributed by atoms with van der Waals surface area (Å²) in [6.07, 6.45) is 0.177. The molecule has 1 unspecified atom stereocenters. The van der Waals surface area contributed by atoms with E-state index in [0.717, 1.165) is 16.3 Å². The number of hydrogen-bond donors (Lipinski definition) is 0. The zero-order valence-corrected chi connectivity index (χ0v) is 13.1. The molecule has 1 aliphatic heterocycles. The van der Waals surface area contributed by atoms with Gasteiger partial charge in [-0.1, -0.05) is 30.3 Å². The van der Waals surface area contributed by atoms with Gasteiger partial charge in [0.2, 0.25) is 5.67 Å². The molecule has 1 atom stereocenters. The largest absolute Gasteiger partial charge is 0.467 e. The Hall–Kier alpha value is -1.79. The predicted molar refractivity (Wildman–Crippen MR) is 83.3 cm³/mol. The lowest BCUT2D eigenvalue weighted by Crippen LogP contribution is -2.37. The van der Waals surface area contributed by atoms with Crippen molar-refractivity contribution in [2.24, 2.45) is 0 Å². The third kappa shape index (κ3) is 3.03. The standard InChI is InChI=1S/C16H17FN2O2S/c1-21-15(20)16(17)7-8-19(11-16)9-14-18-13(10-22-14)12-5-3-2-4-6-12/h2-6,10H,7-9,11H2,1H3. The van der Waals surface area contributed by atoms with Crippen molar-refractivity contribution in [2.45, 2.75) is 18.6 Å². The maximum absolute atomic E-state index is 14.4. The lowest BCUT2D eigenvalue weighted by molar-refractivity contribution is -0.153. The van der Waals surface area contributed by atoms with Gasteiger partial charge in [-0.25, -0.2) is 14.2 Å². The molecule has 0 aliphatic carbocycles. The Labute approximate surface area is 132 Å². The molecule has 3 rings (SSSR count). The highest BCUT2D eigenvalue weighted by Crippen LogP contribution is 2.29. The third-order valence-electron chi connectivity index (χ3n) is 3.83. The summed E-state index contributed by atoms with van der Waals surface area (Å²) in [5.74, 6) is -0.779. The van der Waals surface area contributed by atoms with Crippen molar-refractivity contribution in [2.75, 3.05) is 20.2 Å². The number of rotatable bonds is 4. The van der Waals surface area contributed by atoms with E-state index in [2.05, 4.69) is 9.72 Å². The molecule has 1 aromatic carbocycles. The molecule has 0 saturated carbocycles. The van der Waals surface area contributed by atoms with Crippen LogP contribution in [-0.4, -0.2) is 41.7 Å². The molecule has 2 aromatic rings. The van der Waals surface area contributed by atoms with E-state index in [-0.39, 0.29) is 13.0 Å². The van der Waals surface area contributed by atoms with Gasteiger partial charge in [0.25, 0.3) is 0 Å². The van der Waals surface area contributed by atoms with Crippen molar-refractivity contribution in [3.8, 4) is 11.3 Å². The lowest BCUT2D eigenvalue weighted by atomic mass is 10.1. The summed E-state index contributed by atoms with van der Waals surface area (Å²) in [5.41, 5.74) is 0.119. The monoisotopic (exact) mass is 320 g/mol. The van der Waals surface area contributed by atoms with Gasteiger partial charge in [0.15, 0.2) is 0 Å². The third-order valence-corrected chi connectivity index (χ3v) is 4.66. The lowest BCUT2D eigenvalue weighted by Gasteiger charge is -2.17. The number of aromatic nitrogens is 1. The van der Waals surface area contributed by atoms with Crippen molar-refractivity contribution < 1.29 is 13.9 Å². The molecule has 6 heteroatoms. The SMILES string of the molecule is COC(=O)C1(F)CCN(Cc2nc(-c3ccccc3)cs2)C1. The smallest absolute Gasteiger partial charge is 0.345 e. The van der Waals surface area contributed by atoms with Crippen LogP contribution in [0.4, 0.5) is 4.39 Å². The maximum Gasteiger partial charge on any atom is 0.345 e. The van der Waals surface area contributed by atoms with E-state index in [4.69, 9.17) is 0 Å². The van der Waals surface area contributed by atoms with Crippen LogP contribution in [-0.2, 0) is 16.1 Å². The number of esters is 1. The summed E-state index contributed by atoms with van der Waals surface area (Å²) in [7, 11) is 1.22. The first kappa shape index (κ1) is 15.1. The molecule has 0 amide bonds. The molecule has 1 aromatic heterocycles. The fourth-order valence-electron chi connectivity index (χ4n) is 2.65.